The highest BCUT2D eigenvalue weighted by molar-refractivity contribution is 7.09. The van der Waals surface area contributed by atoms with E-state index in [-0.39, 0.29) is 34.6 Å². The summed E-state index contributed by atoms with van der Waals surface area (Å²) in [7, 11) is 0. The second kappa shape index (κ2) is 11.8. The Morgan fingerprint density at radius 2 is 1.90 bits per heavy atom. The summed E-state index contributed by atoms with van der Waals surface area (Å²) >= 11 is 7.95. The molecule has 0 spiro atoms. The minimum atomic E-state index is -1.11. The zero-order valence-electron chi connectivity index (χ0n) is 24.2. The van der Waals surface area contributed by atoms with Crippen LogP contribution in [0.15, 0.2) is 52.3 Å². The van der Waals surface area contributed by atoms with E-state index in [1.807, 2.05) is 47.5 Å². The molecule has 0 saturated carbocycles. The van der Waals surface area contributed by atoms with Crippen LogP contribution in [0.5, 0.6) is 0 Å². The zero-order chi connectivity index (χ0) is 30.1. The van der Waals surface area contributed by atoms with Gasteiger partial charge in [0.05, 0.1) is 6.04 Å². The van der Waals surface area contributed by atoms with Crippen molar-refractivity contribution in [2.24, 2.45) is 0 Å². The average molecular weight is 609 g/mol. The lowest BCUT2D eigenvalue weighted by Crippen LogP contribution is -2.47. The molecule has 1 N–H and O–H groups in total. The Hall–Kier alpha value is -3.83. The van der Waals surface area contributed by atoms with E-state index >= 15 is 0 Å². The fraction of sp³-hybridized carbons (Fsp3) is 0.400. The van der Waals surface area contributed by atoms with Gasteiger partial charge in [0.25, 0.3) is 11.8 Å². The van der Waals surface area contributed by atoms with E-state index < -0.39 is 17.2 Å². The van der Waals surface area contributed by atoms with Crippen molar-refractivity contribution in [3.05, 3.63) is 80.7 Å². The maximum Gasteiger partial charge on any atom is 0.408 e. The van der Waals surface area contributed by atoms with Crippen LogP contribution in [0.1, 0.15) is 79.1 Å². The first kappa shape index (κ1) is 29.7. The molecule has 5 rings (SSSR count). The maximum atomic E-state index is 13.7. The van der Waals surface area contributed by atoms with Crippen molar-refractivity contribution in [1.82, 2.24) is 30.4 Å². The molecule has 4 heterocycles. The van der Waals surface area contributed by atoms with Gasteiger partial charge in [-0.1, -0.05) is 41.9 Å². The molecule has 3 aromatic heterocycles. The van der Waals surface area contributed by atoms with Gasteiger partial charge in [0, 0.05) is 29.6 Å². The van der Waals surface area contributed by atoms with Crippen LogP contribution < -0.4 is 5.32 Å². The molecule has 1 aromatic carbocycles. The normalized spacial score (nSPS) is 16.7. The summed E-state index contributed by atoms with van der Waals surface area (Å²) in [6, 6.07) is 12.7. The molecule has 10 nitrogen and oxygen atoms in total. The Balaban J connectivity index is 1.44. The number of hydrogen-bond donors (Lipinski definition) is 1. The van der Waals surface area contributed by atoms with Gasteiger partial charge in [0.1, 0.15) is 27.0 Å². The lowest BCUT2D eigenvalue weighted by molar-refractivity contribution is 0.0443. The molecule has 1 aliphatic heterocycles. The number of aromatic nitrogens is 4. The quantitative estimate of drug-likeness (QED) is 0.236. The molecule has 1 fully saturated rings. The highest BCUT2D eigenvalue weighted by Gasteiger charge is 2.37. The van der Waals surface area contributed by atoms with Gasteiger partial charge in [0.15, 0.2) is 0 Å². The van der Waals surface area contributed by atoms with Gasteiger partial charge >= 0.3 is 6.09 Å². The third kappa shape index (κ3) is 6.79. The molecule has 1 aliphatic rings. The van der Waals surface area contributed by atoms with Crippen molar-refractivity contribution in [1.29, 1.82) is 0 Å². The Bertz CT molecular complexity index is 1580. The number of nitrogens with one attached hydrogen (secondary N) is 1. The second-order valence-corrected chi connectivity index (χ2v) is 12.9. The molecular formula is C30H33ClN6O4S. The summed E-state index contributed by atoms with van der Waals surface area (Å²) in [6.07, 6.45) is 1.47. The standard InChI is InChI=1S/C30H33ClN6O4S/c1-18-17-42-25(32-18)22-12-9-13-37(22)26(38)20-14-21(33-23(31)15-20)24-35-36-27(40-24)30(5,16-19-10-7-6-8-11-19)34-28(39)41-29(2,3)4/h6-8,10-11,14-15,17,22H,9,12-13,16H2,1-5H3,(H,34,39). The van der Waals surface area contributed by atoms with E-state index in [0.717, 1.165) is 29.1 Å². The summed E-state index contributed by atoms with van der Waals surface area (Å²) in [4.78, 5) is 37.3. The Morgan fingerprint density at radius 3 is 2.60 bits per heavy atom. The van der Waals surface area contributed by atoms with Crippen LogP contribution in [0.2, 0.25) is 5.15 Å². The van der Waals surface area contributed by atoms with Gasteiger partial charge in [-0.05, 0) is 65.2 Å². The van der Waals surface area contributed by atoms with E-state index in [4.69, 9.17) is 20.8 Å². The van der Waals surface area contributed by atoms with Crippen LogP contribution in [-0.2, 0) is 16.7 Å². The predicted octanol–water partition coefficient (Wildman–Crippen LogP) is 6.51. The number of pyridine rings is 1. The number of halogens is 1. The van der Waals surface area contributed by atoms with Crippen molar-refractivity contribution in [2.45, 2.75) is 71.1 Å². The molecule has 2 amide bonds. The Kier molecular flexibility index (Phi) is 8.34. The van der Waals surface area contributed by atoms with Crippen LogP contribution >= 0.6 is 22.9 Å². The molecule has 220 valence electrons. The minimum absolute atomic E-state index is 0.0698. The lowest BCUT2D eigenvalue weighted by Gasteiger charge is -2.29. The average Bonchev–Trinajstić information content (AvgIpc) is 3.68. The number of hydrogen-bond acceptors (Lipinski definition) is 9. The lowest BCUT2D eigenvalue weighted by atomic mass is 9.92. The number of likely N-dealkylation sites (tertiary alicyclic amines) is 1. The summed E-state index contributed by atoms with van der Waals surface area (Å²) in [6.45, 7) is 9.72. The van der Waals surface area contributed by atoms with E-state index in [1.54, 1.807) is 45.1 Å². The monoisotopic (exact) mass is 608 g/mol. The molecule has 2 unspecified atom stereocenters. The molecule has 0 radical (unpaired) electrons. The number of ether oxygens (including phenoxy) is 1. The molecule has 4 aromatic rings. The summed E-state index contributed by atoms with van der Waals surface area (Å²) < 4.78 is 11.6. The molecule has 0 aliphatic carbocycles. The number of thiazole rings is 1. The van der Waals surface area contributed by atoms with E-state index in [2.05, 4.69) is 25.5 Å². The first-order valence-electron chi connectivity index (χ1n) is 13.7. The van der Waals surface area contributed by atoms with Crippen molar-refractivity contribution >= 4 is 34.9 Å². The molecule has 2 atom stereocenters. The van der Waals surface area contributed by atoms with E-state index in [9.17, 15) is 9.59 Å². The van der Waals surface area contributed by atoms with Gasteiger partial charge in [0.2, 0.25) is 5.89 Å². The van der Waals surface area contributed by atoms with Gasteiger partial charge in [-0.3, -0.25) is 4.79 Å². The Morgan fingerprint density at radius 1 is 1.14 bits per heavy atom. The second-order valence-electron chi connectivity index (χ2n) is 11.6. The largest absolute Gasteiger partial charge is 0.444 e. The van der Waals surface area contributed by atoms with Gasteiger partial charge < -0.3 is 19.4 Å². The number of rotatable bonds is 7. The number of benzene rings is 1. The van der Waals surface area contributed by atoms with Crippen LogP contribution in [0, 0.1) is 6.92 Å². The molecule has 42 heavy (non-hydrogen) atoms. The summed E-state index contributed by atoms with van der Waals surface area (Å²) in [5, 5.41) is 14.4. The maximum absolute atomic E-state index is 13.7. The molecule has 1 saturated heterocycles. The number of carbonyl (C=O) groups excluding carboxylic acids is 2. The SMILES string of the molecule is Cc1csc(C2CCCN2C(=O)c2cc(Cl)nc(-c3nnc(C(C)(Cc4ccccc4)NC(=O)OC(C)(C)C)o3)c2)n1. The molecular weight excluding hydrogens is 576 g/mol. The van der Waals surface area contributed by atoms with Crippen LogP contribution in [-0.4, -0.2) is 49.2 Å². The minimum Gasteiger partial charge on any atom is -0.444 e. The highest BCUT2D eigenvalue weighted by Crippen LogP contribution is 2.36. The fourth-order valence-electron chi connectivity index (χ4n) is 4.94. The van der Waals surface area contributed by atoms with Crippen molar-refractivity contribution in [3.8, 4) is 11.6 Å². The van der Waals surface area contributed by atoms with Crippen molar-refractivity contribution in [2.75, 3.05) is 6.54 Å². The Labute approximate surface area is 253 Å². The third-order valence-corrected chi connectivity index (χ3v) is 8.03. The summed E-state index contributed by atoms with van der Waals surface area (Å²) in [5.74, 6) is 0.0529. The summed E-state index contributed by atoms with van der Waals surface area (Å²) in [5.41, 5.74) is 0.698. The van der Waals surface area contributed by atoms with Crippen LogP contribution in [0.25, 0.3) is 11.6 Å². The fourth-order valence-corrected chi connectivity index (χ4v) is 6.09. The predicted molar refractivity (Wildman–Crippen MR) is 159 cm³/mol. The molecule has 0 bridgehead atoms. The topological polar surface area (TPSA) is 123 Å². The first-order chi connectivity index (χ1) is 19.9. The van der Waals surface area contributed by atoms with E-state index in [1.165, 1.54) is 6.07 Å². The first-order valence-corrected chi connectivity index (χ1v) is 15.0. The number of nitrogens with zero attached hydrogens (tertiary/aromatic N) is 5. The van der Waals surface area contributed by atoms with Crippen LogP contribution in [0.3, 0.4) is 0 Å². The molecule has 12 heteroatoms. The van der Waals surface area contributed by atoms with Crippen LogP contribution in [0.4, 0.5) is 4.79 Å². The number of aryl methyl sites for hydroxylation is 1. The van der Waals surface area contributed by atoms with Crippen molar-refractivity contribution < 1.29 is 18.7 Å². The highest BCUT2D eigenvalue weighted by atomic mass is 35.5. The van der Waals surface area contributed by atoms with Gasteiger partial charge in [-0.25, -0.2) is 14.8 Å². The number of amides is 2. The zero-order valence-corrected chi connectivity index (χ0v) is 25.8. The van der Waals surface area contributed by atoms with Gasteiger partial charge in [-0.2, -0.15) is 0 Å². The van der Waals surface area contributed by atoms with Gasteiger partial charge in [-0.15, -0.1) is 21.5 Å². The third-order valence-electron chi connectivity index (χ3n) is 6.77. The number of carbonyl (C=O) groups is 2. The van der Waals surface area contributed by atoms with Crippen molar-refractivity contribution in [3.63, 3.8) is 0 Å². The number of alkyl carbamates (subject to hydrolysis) is 1. The van der Waals surface area contributed by atoms with E-state index in [0.29, 0.717) is 18.5 Å². The smallest absolute Gasteiger partial charge is 0.408 e.